The van der Waals surface area contributed by atoms with Crippen LogP contribution in [0.2, 0.25) is 0 Å². The van der Waals surface area contributed by atoms with Crippen LogP contribution in [-0.4, -0.2) is 65.2 Å². The summed E-state index contributed by atoms with van der Waals surface area (Å²) in [5.74, 6) is 1.27. The van der Waals surface area contributed by atoms with Crippen molar-refractivity contribution in [1.82, 2.24) is 24.2 Å². The number of nitrogens with zero attached hydrogens (tertiary/aromatic N) is 7. The minimum Gasteiger partial charge on any atom is -0.370 e. The highest BCUT2D eigenvalue weighted by Gasteiger charge is 2.36. The highest BCUT2D eigenvalue weighted by molar-refractivity contribution is 7.88. The first-order valence-electron chi connectivity index (χ1n) is 12.4. The smallest absolute Gasteiger partial charge is 0.257 e. The van der Waals surface area contributed by atoms with Crippen molar-refractivity contribution in [1.29, 1.82) is 0 Å². The molecule has 0 radical (unpaired) electrons. The first-order valence-corrected chi connectivity index (χ1v) is 14.3. The van der Waals surface area contributed by atoms with E-state index in [4.69, 9.17) is 10.1 Å². The summed E-state index contributed by atoms with van der Waals surface area (Å²) in [5.41, 5.74) is 6.28. The maximum atomic E-state index is 11.4. The monoisotopic (exact) mass is 524 g/mol. The summed E-state index contributed by atoms with van der Waals surface area (Å²) >= 11 is 0. The van der Waals surface area contributed by atoms with E-state index < -0.39 is 10.0 Å². The predicted molar refractivity (Wildman–Crippen MR) is 149 cm³/mol. The van der Waals surface area contributed by atoms with Gasteiger partial charge in [-0.15, -0.1) is 10.2 Å². The number of likely N-dealkylation sites (N-methyl/N-ethyl adjacent to an activating group) is 1. The average molecular weight is 525 g/mol. The standard InChI is InChI=1S/C26H36N8O2S/c1-9-32(15-14-27-37(8,35)36)20-12-13-21(17(2)16-20)28-22-23(26(5,6)7)31-34-24(22)29-30-25(34)33-18(3)10-11-19(33)4/h10-13,16,27H,9,14-15H2,1-8H3. The molecule has 0 fully saturated rings. The van der Waals surface area contributed by atoms with Gasteiger partial charge in [0.25, 0.3) is 5.95 Å². The molecular formula is C26H36N8O2S. The first-order chi connectivity index (χ1) is 17.3. The number of sulfonamides is 1. The Morgan fingerprint density at radius 1 is 1.05 bits per heavy atom. The van der Waals surface area contributed by atoms with Crippen molar-refractivity contribution in [3.63, 3.8) is 0 Å². The summed E-state index contributed by atoms with van der Waals surface area (Å²) in [6, 6.07) is 10.2. The number of hydrogen-bond acceptors (Lipinski definition) is 7. The molecule has 3 aromatic rings. The molecule has 0 spiro atoms. The molecule has 37 heavy (non-hydrogen) atoms. The molecule has 1 aliphatic rings. The zero-order chi connectivity index (χ0) is 27.1. The van der Waals surface area contributed by atoms with E-state index in [-0.39, 0.29) is 5.41 Å². The summed E-state index contributed by atoms with van der Waals surface area (Å²) in [6.45, 7) is 16.2. The molecule has 10 nitrogen and oxygen atoms in total. The Morgan fingerprint density at radius 3 is 2.30 bits per heavy atom. The Bertz CT molecular complexity index is 1470. The lowest BCUT2D eigenvalue weighted by atomic mass is 9.87. The summed E-state index contributed by atoms with van der Waals surface area (Å²) in [5, 5.41) is 13.9. The Kier molecular flexibility index (Phi) is 7.13. The predicted octanol–water partition coefficient (Wildman–Crippen LogP) is 3.75. The molecule has 3 heterocycles. The molecule has 0 aliphatic carbocycles. The van der Waals surface area contributed by atoms with Crippen LogP contribution in [0.15, 0.2) is 40.4 Å². The Morgan fingerprint density at radius 2 is 1.73 bits per heavy atom. The van der Waals surface area contributed by atoms with Gasteiger partial charge in [0.2, 0.25) is 15.8 Å². The van der Waals surface area contributed by atoms with Crippen LogP contribution in [0.25, 0.3) is 5.95 Å². The van der Waals surface area contributed by atoms with E-state index >= 15 is 0 Å². The molecule has 2 aromatic heterocycles. The third kappa shape index (κ3) is 5.52. The van der Waals surface area contributed by atoms with Gasteiger partial charge in [0, 0.05) is 42.1 Å². The molecular weight excluding hydrogens is 488 g/mol. The van der Waals surface area contributed by atoms with E-state index in [0.717, 1.165) is 40.6 Å². The Hall–Kier alpha value is -3.31. The van der Waals surface area contributed by atoms with Gasteiger partial charge >= 0.3 is 0 Å². The molecule has 11 heteroatoms. The quantitative estimate of drug-likeness (QED) is 0.483. The zero-order valence-electron chi connectivity index (χ0n) is 22.9. The molecule has 0 bridgehead atoms. The van der Waals surface area contributed by atoms with E-state index in [9.17, 15) is 8.42 Å². The summed E-state index contributed by atoms with van der Waals surface area (Å²) < 4.78 is 29.2. The second-order valence-electron chi connectivity index (χ2n) is 10.5. The van der Waals surface area contributed by atoms with E-state index in [1.54, 1.807) is 4.68 Å². The van der Waals surface area contributed by atoms with Gasteiger partial charge < -0.3 is 4.90 Å². The number of anilines is 1. The highest BCUT2D eigenvalue weighted by atomic mass is 32.2. The van der Waals surface area contributed by atoms with Gasteiger partial charge in [-0.3, -0.25) is 4.57 Å². The Labute approximate surface area is 219 Å². The summed E-state index contributed by atoms with van der Waals surface area (Å²) in [4.78, 5) is 7.18. The van der Waals surface area contributed by atoms with Crippen LogP contribution >= 0.6 is 0 Å². The number of hydrogen-bond donors (Lipinski definition) is 1. The number of nitrogens with one attached hydrogen (secondary N) is 1. The fourth-order valence-corrected chi connectivity index (χ4v) is 4.88. The third-order valence-corrected chi connectivity index (χ3v) is 7.08. The minimum absolute atomic E-state index is 0.253. The van der Waals surface area contributed by atoms with Crippen LogP contribution < -0.4 is 9.62 Å². The van der Waals surface area contributed by atoms with E-state index in [2.05, 4.69) is 58.8 Å². The number of aryl methyl sites for hydroxylation is 3. The topological polar surface area (TPSA) is 110 Å². The van der Waals surface area contributed by atoms with E-state index in [0.29, 0.717) is 30.6 Å². The van der Waals surface area contributed by atoms with Crippen molar-refractivity contribution in [2.45, 2.75) is 48.5 Å². The largest absolute Gasteiger partial charge is 0.370 e. The number of fused-ring (bicyclic) bond motifs is 1. The van der Waals surface area contributed by atoms with Crippen molar-refractivity contribution in [2.75, 3.05) is 30.8 Å². The molecule has 198 valence electrons. The highest BCUT2D eigenvalue weighted by Crippen LogP contribution is 2.31. The fourth-order valence-electron chi connectivity index (χ4n) is 4.41. The molecule has 0 saturated carbocycles. The average Bonchev–Trinajstić information content (AvgIpc) is 3.46. The maximum Gasteiger partial charge on any atom is 0.257 e. The van der Waals surface area contributed by atoms with Gasteiger partial charge in [0.1, 0.15) is 5.71 Å². The summed E-state index contributed by atoms with van der Waals surface area (Å²) in [6.07, 6.45) is 1.17. The Balaban J connectivity index is 1.70. The molecule has 0 unspecified atom stereocenters. The molecule has 1 aromatic carbocycles. The number of aromatic nitrogens is 4. The molecule has 4 rings (SSSR count). The lowest BCUT2D eigenvalue weighted by Crippen LogP contribution is -2.34. The second kappa shape index (κ2) is 9.86. The SMILES string of the molecule is CCN(CCNS(C)(=O)=O)c1ccc(N=C2C(C(C)(C)C)=Nn3c2nnc3-n2c(C)ccc2C)c(C)c1. The molecule has 0 atom stereocenters. The van der Waals surface area contributed by atoms with Gasteiger partial charge in [-0.05, 0) is 63.6 Å². The van der Waals surface area contributed by atoms with Crippen molar-refractivity contribution < 1.29 is 8.42 Å². The second-order valence-corrected chi connectivity index (χ2v) is 12.3. The van der Waals surface area contributed by atoms with Gasteiger partial charge in [-0.1, -0.05) is 20.8 Å². The maximum absolute atomic E-state index is 11.4. The van der Waals surface area contributed by atoms with Gasteiger partial charge in [0.05, 0.1) is 17.7 Å². The molecule has 1 N–H and O–H groups in total. The fraction of sp³-hybridized carbons (Fsp3) is 0.462. The van der Waals surface area contributed by atoms with Crippen molar-refractivity contribution in [3.8, 4) is 5.95 Å². The normalized spacial score (nSPS) is 14.8. The lowest BCUT2D eigenvalue weighted by Gasteiger charge is -2.24. The number of aliphatic imine (C=N–C) groups is 1. The van der Waals surface area contributed by atoms with Crippen molar-refractivity contribution >= 4 is 32.8 Å². The number of rotatable bonds is 8. The van der Waals surface area contributed by atoms with Gasteiger partial charge in [-0.25, -0.2) is 18.1 Å². The molecule has 0 saturated heterocycles. The van der Waals surface area contributed by atoms with E-state index in [1.807, 2.05) is 44.4 Å². The van der Waals surface area contributed by atoms with Crippen molar-refractivity contribution in [2.24, 2.45) is 15.5 Å². The van der Waals surface area contributed by atoms with E-state index in [1.165, 1.54) is 6.26 Å². The first kappa shape index (κ1) is 26.7. The minimum atomic E-state index is -3.22. The van der Waals surface area contributed by atoms with Gasteiger partial charge in [-0.2, -0.15) is 9.78 Å². The zero-order valence-corrected chi connectivity index (χ0v) is 23.7. The van der Waals surface area contributed by atoms with Crippen LogP contribution in [0.1, 0.15) is 50.5 Å². The molecule has 0 amide bonds. The number of benzene rings is 1. The van der Waals surface area contributed by atoms with Crippen molar-refractivity contribution in [3.05, 3.63) is 53.1 Å². The van der Waals surface area contributed by atoms with Crippen LogP contribution in [0, 0.1) is 26.2 Å². The molecule has 1 aliphatic heterocycles. The van der Waals surface area contributed by atoms with Crippen LogP contribution in [0.5, 0.6) is 0 Å². The van der Waals surface area contributed by atoms with Gasteiger partial charge in [0.15, 0.2) is 0 Å². The van der Waals surface area contributed by atoms with Crippen LogP contribution in [0.4, 0.5) is 11.4 Å². The van der Waals surface area contributed by atoms with Crippen LogP contribution in [-0.2, 0) is 10.0 Å². The van der Waals surface area contributed by atoms with Crippen LogP contribution in [0.3, 0.4) is 0 Å². The third-order valence-electron chi connectivity index (χ3n) is 6.35. The lowest BCUT2D eigenvalue weighted by molar-refractivity contribution is 0.587. The summed E-state index contributed by atoms with van der Waals surface area (Å²) in [7, 11) is -3.22.